The fraction of sp³-hybridized carbons (Fsp3) is 0.214. The highest BCUT2D eigenvalue weighted by molar-refractivity contribution is 6.35. The Labute approximate surface area is 131 Å². The van der Waals surface area contributed by atoms with Crippen LogP contribution in [0.15, 0.2) is 30.5 Å². The lowest BCUT2D eigenvalue weighted by Gasteiger charge is -2.28. The van der Waals surface area contributed by atoms with Crippen LogP contribution in [0.3, 0.4) is 0 Å². The third kappa shape index (κ3) is 2.66. The van der Waals surface area contributed by atoms with Crippen LogP contribution in [-0.2, 0) is 0 Å². The number of rotatable bonds is 2. The maximum Gasteiger partial charge on any atom is 0.152 e. The molecule has 0 saturated carbocycles. The zero-order valence-corrected chi connectivity index (χ0v) is 12.6. The molecular weight excluding hydrogens is 319 g/mol. The number of hydrogen-bond donors (Lipinski definition) is 1. The fourth-order valence-electron chi connectivity index (χ4n) is 2.26. The van der Waals surface area contributed by atoms with Gasteiger partial charge in [-0.25, -0.2) is 4.98 Å². The van der Waals surface area contributed by atoms with Gasteiger partial charge in [-0.05, 0) is 24.3 Å². The van der Waals surface area contributed by atoms with E-state index in [1.54, 1.807) is 12.3 Å². The van der Waals surface area contributed by atoms with Crippen molar-refractivity contribution in [3.05, 3.63) is 51.2 Å². The lowest BCUT2D eigenvalue weighted by Crippen LogP contribution is -2.21. The maximum atomic E-state index is 6.17. The number of aromatic nitrogens is 1. The van der Waals surface area contributed by atoms with Crippen molar-refractivity contribution in [1.29, 1.82) is 0 Å². The predicted octanol–water partition coefficient (Wildman–Crippen LogP) is 4.98. The molecule has 1 atom stereocenters. The number of ether oxygens (including phenoxy) is 1. The molecule has 0 spiro atoms. The summed E-state index contributed by atoms with van der Waals surface area (Å²) in [5.41, 5.74) is 1.72. The number of halogens is 3. The van der Waals surface area contributed by atoms with Crippen molar-refractivity contribution in [3.8, 4) is 5.75 Å². The van der Waals surface area contributed by atoms with Crippen LogP contribution in [-0.4, -0.2) is 11.6 Å². The number of fused-ring (bicyclic) bond motifs is 1. The van der Waals surface area contributed by atoms with Crippen LogP contribution in [0.4, 0.5) is 5.69 Å². The van der Waals surface area contributed by atoms with E-state index in [9.17, 15) is 0 Å². The SMILES string of the molecule is Clc1cc(Cl)c2c(c1)C(Nc1cccnc1Cl)CCO2. The molecule has 1 N–H and O–H groups in total. The molecule has 1 unspecified atom stereocenters. The Bertz CT molecular complexity index is 648. The number of benzene rings is 1. The van der Waals surface area contributed by atoms with Gasteiger partial charge in [0.2, 0.25) is 0 Å². The van der Waals surface area contributed by atoms with Crippen molar-refractivity contribution in [1.82, 2.24) is 4.98 Å². The van der Waals surface area contributed by atoms with Crippen LogP contribution in [0.5, 0.6) is 5.75 Å². The Morgan fingerprint density at radius 1 is 1.25 bits per heavy atom. The largest absolute Gasteiger partial charge is 0.492 e. The number of pyridine rings is 1. The summed E-state index contributed by atoms with van der Waals surface area (Å²) in [6, 6.07) is 7.30. The summed E-state index contributed by atoms with van der Waals surface area (Å²) in [4.78, 5) is 4.06. The normalized spacial score (nSPS) is 17.2. The standard InChI is InChI=1S/C14H11Cl3N2O/c15-8-6-9-11(3-5-20-13(9)10(16)7-8)19-12-2-1-4-18-14(12)17/h1-2,4,6-7,11,19H,3,5H2. The average Bonchev–Trinajstić information content (AvgIpc) is 2.42. The molecule has 0 aliphatic carbocycles. The van der Waals surface area contributed by atoms with Gasteiger partial charge in [0.25, 0.3) is 0 Å². The second kappa shape index (κ2) is 5.68. The van der Waals surface area contributed by atoms with E-state index in [0.29, 0.717) is 27.6 Å². The lowest BCUT2D eigenvalue weighted by molar-refractivity contribution is 0.274. The summed E-state index contributed by atoms with van der Waals surface area (Å²) >= 11 is 18.3. The van der Waals surface area contributed by atoms with Gasteiger partial charge < -0.3 is 10.1 Å². The molecule has 104 valence electrons. The second-order valence-electron chi connectivity index (χ2n) is 4.48. The fourth-order valence-corrected chi connectivity index (χ4v) is 2.99. The van der Waals surface area contributed by atoms with Gasteiger partial charge in [0.15, 0.2) is 5.15 Å². The third-order valence-corrected chi connectivity index (χ3v) is 3.95. The van der Waals surface area contributed by atoms with Crippen LogP contribution in [0, 0.1) is 0 Å². The first-order valence-electron chi connectivity index (χ1n) is 6.14. The molecule has 1 aromatic carbocycles. The lowest BCUT2D eigenvalue weighted by atomic mass is 10.0. The second-order valence-corrected chi connectivity index (χ2v) is 5.68. The minimum atomic E-state index is 0.0386. The van der Waals surface area contributed by atoms with Crippen LogP contribution in [0.2, 0.25) is 15.2 Å². The van der Waals surface area contributed by atoms with E-state index in [1.165, 1.54) is 0 Å². The van der Waals surface area contributed by atoms with Crippen LogP contribution < -0.4 is 10.1 Å². The molecule has 0 radical (unpaired) electrons. The Morgan fingerprint density at radius 2 is 2.10 bits per heavy atom. The van der Waals surface area contributed by atoms with E-state index < -0.39 is 0 Å². The molecule has 0 saturated heterocycles. The molecule has 0 fully saturated rings. The first-order chi connectivity index (χ1) is 9.65. The number of anilines is 1. The Balaban J connectivity index is 1.96. The number of nitrogens with zero attached hydrogens (tertiary/aromatic N) is 1. The molecule has 1 aliphatic heterocycles. The van der Waals surface area contributed by atoms with Crippen LogP contribution in [0.1, 0.15) is 18.0 Å². The molecule has 2 aromatic rings. The Kier molecular flexibility index (Phi) is 3.92. The minimum Gasteiger partial charge on any atom is -0.492 e. The van der Waals surface area contributed by atoms with Gasteiger partial charge in [-0.1, -0.05) is 34.8 Å². The Morgan fingerprint density at radius 3 is 2.90 bits per heavy atom. The van der Waals surface area contributed by atoms with Crippen molar-refractivity contribution < 1.29 is 4.74 Å². The van der Waals surface area contributed by atoms with Crippen LogP contribution in [0.25, 0.3) is 0 Å². The first-order valence-corrected chi connectivity index (χ1v) is 7.27. The number of nitrogens with one attached hydrogen (secondary N) is 1. The summed E-state index contributed by atoms with van der Waals surface area (Å²) in [7, 11) is 0. The molecule has 0 bridgehead atoms. The monoisotopic (exact) mass is 328 g/mol. The van der Waals surface area contributed by atoms with Gasteiger partial charge in [0, 0.05) is 23.2 Å². The van der Waals surface area contributed by atoms with Gasteiger partial charge >= 0.3 is 0 Å². The Hall–Kier alpha value is -1.16. The highest BCUT2D eigenvalue weighted by Gasteiger charge is 2.24. The first kappa shape index (κ1) is 13.8. The molecule has 3 nitrogen and oxygen atoms in total. The van der Waals surface area contributed by atoms with E-state index in [0.717, 1.165) is 17.7 Å². The summed E-state index contributed by atoms with van der Waals surface area (Å²) < 4.78 is 5.63. The van der Waals surface area contributed by atoms with E-state index in [2.05, 4.69) is 10.3 Å². The topological polar surface area (TPSA) is 34.2 Å². The van der Waals surface area contributed by atoms with Crippen molar-refractivity contribution in [3.63, 3.8) is 0 Å². The highest BCUT2D eigenvalue weighted by Crippen LogP contribution is 2.41. The molecule has 1 aromatic heterocycles. The molecule has 2 heterocycles. The zero-order valence-electron chi connectivity index (χ0n) is 10.4. The molecule has 6 heteroatoms. The van der Waals surface area contributed by atoms with Gasteiger partial charge in [-0.3, -0.25) is 0 Å². The quantitative estimate of drug-likeness (QED) is 0.789. The van der Waals surface area contributed by atoms with E-state index in [1.807, 2.05) is 18.2 Å². The van der Waals surface area contributed by atoms with Crippen molar-refractivity contribution in [2.75, 3.05) is 11.9 Å². The van der Waals surface area contributed by atoms with Crippen molar-refractivity contribution >= 4 is 40.5 Å². The maximum absolute atomic E-state index is 6.17. The molecule has 1 aliphatic rings. The molecular formula is C14H11Cl3N2O. The minimum absolute atomic E-state index is 0.0386. The predicted molar refractivity (Wildman–Crippen MR) is 82.2 cm³/mol. The van der Waals surface area contributed by atoms with Gasteiger partial charge in [0.1, 0.15) is 5.75 Å². The highest BCUT2D eigenvalue weighted by atomic mass is 35.5. The van der Waals surface area contributed by atoms with Crippen LogP contribution >= 0.6 is 34.8 Å². The smallest absolute Gasteiger partial charge is 0.152 e. The van der Waals surface area contributed by atoms with Gasteiger partial charge in [0.05, 0.1) is 23.4 Å². The summed E-state index contributed by atoms with van der Waals surface area (Å²) in [5, 5.41) is 4.92. The van der Waals surface area contributed by atoms with Crippen molar-refractivity contribution in [2.24, 2.45) is 0 Å². The summed E-state index contributed by atoms with van der Waals surface area (Å²) in [6.07, 6.45) is 2.45. The number of hydrogen-bond acceptors (Lipinski definition) is 3. The van der Waals surface area contributed by atoms with E-state index >= 15 is 0 Å². The molecule has 20 heavy (non-hydrogen) atoms. The molecule has 3 rings (SSSR count). The summed E-state index contributed by atoms with van der Waals surface area (Å²) in [6.45, 7) is 0.587. The van der Waals surface area contributed by atoms with E-state index in [4.69, 9.17) is 39.5 Å². The van der Waals surface area contributed by atoms with Gasteiger partial charge in [-0.2, -0.15) is 0 Å². The van der Waals surface area contributed by atoms with Crippen molar-refractivity contribution in [2.45, 2.75) is 12.5 Å². The average molecular weight is 330 g/mol. The third-order valence-electron chi connectivity index (χ3n) is 3.15. The van der Waals surface area contributed by atoms with E-state index in [-0.39, 0.29) is 6.04 Å². The molecule has 0 amide bonds. The summed E-state index contributed by atoms with van der Waals surface area (Å²) in [5.74, 6) is 0.680. The zero-order chi connectivity index (χ0) is 14.1. The van der Waals surface area contributed by atoms with Gasteiger partial charge in [-0.15, -0.1) is 0 Å².